The third kappa shape index (κ3) is 5.09. The summed E-state index contributed by atoms with van der Waals surface area (Å²) in [5, 5.41) is 5.23. The minimum Gasteiger partial charge on any atom is -0.497 e. The van der Waals surface area contributed by atoms with E-state index in [4.69, 9.17) is 9.47 Å². The normalized spacial score (nSPS) is 16.5. The van der Waals surface area contributed by atoms with Gasteiger partial charge in [-0.25, -0.2) is 4.39 Å². The number of ether oxygens (including phenoxy) is 2. The van der Waals surface area contributed by atoms with E-state index in [2.05, 4.69) is 10.2 Å². The summed E-state index contributed by atoms with van der Waals surface area (Å²) in [6, 6.07) is 18.5. The Balaban J connectivity index is 1.48. The zero-order valence-corrected chi connectivity index (χ0v) is 18.5. The highest BCUT2D eigenvalue weighted by Gasteiger charge is 2.25. The third-order valence-electron chi connectivity index (χ3n) is 6.15. The van der Waals surface area contributed by atoms with E-state index >= 15 is 0 Å². The second-order valence-electron chi connectivity index (χ2n) is 8.16. The predicted molar refractivity (Wildman–Crippen MR) is 123 cm³/mol. The maximum absolute atomic E-state index is 13.9. The number of amides is 1. The standard InChI is InChI=1S/C26H29FN2O3/c1-18(19-6-7-21-16-24(31-2)9-8-20(21)14-19)26(30)28-17-25(29-10-12-32-13-11-29)22-4-3-5-23(27)15-22/h3-9,14-16,18,25H,10-13,17H2,1-2H3,(H,28,30)/t18-,25?/m0/s1. The number of nitrogens with one attached hydrogen (secondary N) is 1. The summed E-state index contributed by atoms with van der Waals surface area (Å²) in [5.74, 6) is 0.183. The van der Waals surface area contributed by atoms with Crippen LogP contribution < -0.4 is 10.1 Å². The summed E-state index contributed by atoms with van der Waals surface area (Å²) in [6.45, 7) is 5.10. The molecule has 1 fully saturated rings. The molecule has 0 saturated carbocycles. The quantitative estimate of drug-likeness (QED) is 0.601. The van der Waals surface area contributed by atoms with Gasteiger partial charge in [0.15, 0.2) is 0 Å². The first-order valence-corrected chi connectivity index (χ1v) is 11.0. The molecule has 1 aliphatic heterocycles. The first-order valence-electron chi connectivity index (χ1n) is 11.0. The molecule has 2 atom stereocenters. The second-order valence-corrected chi connectivity index (χ2v) is 8.16. The fraction of sp³-hybridized carbons (Fsp3) is 0.346. The van der Waals surface area contributed by atoms with Gasteiger partial charge < -0.3 is 14.8 Å². The molecule has 168 valence electrons. The van der Waals surface area contributed by atoms with Crippen molar-refractivity contribution in [3.05, 3.63) is 77.6 Å². The van der Waals surface area contributed by atoms with Crippen LogP contribution in [0.5, 0.6) is 5.75 Å². The van der Waals surface area contributed by atoms with E-state index in [1.165, 1.54) is 6.07 Å². The molecular weight excluding hydrogens is 407 g/mol. The van der Waals surface area contributed by atoms with Crippen LogP contribution in [-0.2, 0) is 9.53 Å². The van der Waals surface area contributed by atoms with E-state index in [0.717, 1.165) is 40.7 Å². The zero-order chi connectivity index (χ0) is 22.5. The summed E-state index contributed by atoms with van der Waals surface area (Å²) < 4.78 is 24.6. The molecule has 1 amide bonds. The molecule has 0 aromatic heterocycles. The molecule has 3 aromatic rings. The van der Waals surface area contributed by atoms with E-state index in [9.17, 15) is 9.18 Å². The number of morpholine rings is 1. The number of benzene rings is 3. The largest absolute Gasteiger partial charge is 0.497 e. The number of halogens is 1. The number of carbonyl (C=O) groups excluding carboxylic acids is 1. The van der Waals surface area contributed by atoms with Gasteiger partial charge in [-0.05, 0) is 53.1 Å². The highest BCUT2D eigenvalue weighted by molar-refractivity contribution is 5.88. The van der Waals surface area contributed by atoms with Gasteiger partial charge in [-0.2, -0.15) is 0 Å². The smallest absolute Gasteiger partial charge is 0.227 e. The van der Waals surface area contributed by atoms with Crippen LogP contribution in [0.3, 0.4) is 0 Å². The van der Waals surface area contributed by atoms with E-state index in [0.29, 0.717) is 19.8 Å². The van der Waals surface area contributed by atoms with Crippen LogP contribution in [0.15, 0.2) is 60.7 Å². The maximum Gasteiger partial charge on any atom is 0.227 e. The van der Waals surface area contributed by atoms with Gasteiger partial charge in [-0.15, -0.1) is 0 Å². The molecular formula is C26H29FN2O3. The number of hydrogen-bond acceptors (Lipinski definition) is 4. The summed E-state index contributed by atoms with van der Waals surface area (Å²) >= 11 is 0. The van der Waals surface area contributed by atoms with E-state index in [1.54, 1.807) is 19.2 Å². The van der Waals surface area contributed by atoms with Crippen LogP contribution in [0.25, 0.3) is 10.8 Å². The molecule has 4 rings (SSSR count). The number of rotatable bonds is 7. The van der Waals surface area contributed by atoms with Crippen molar-refractivity contribution in [1.29, 1.82) is 0 Å². The van der Waals surface area contributed by atoms with Crippen molar-refractivity contribution in [2.24, 2.45) is 0 Å². The van der Waals surface area contributed by atoms with Crippen molar-refractivity contribution in [3.8, 4) is 5.75 Å². The van der Waals surface area contributed by atoms with Crippen LogP contribution in [0.4, 0.5) is 4.39 Å². The number of carbonyl (C=O) groups is 1. The van der Waals surface area contributed by atoms with Crippen molar-refractivity contribution in [2.75, 3.05) is 40.0 Å². The molecule has 3 aromatic carbocycles. The Hall–Kier alpha value is -2.96. The monoisotopic (exact) mass is 436 g/mol. The first kappa shape index (κ1) is 22.2. The lowest BCUT2D eigenvalue weighted by Gasteiger charge is -2.35. The molecule has 0 spiro atoms. The first-order chi connectivity index (χ1) is 15.5. The Bertz CT molecular complexity index is 1080. The lowest BCUT2D eigenvalue weighted by atomic mass is 9.96. The SMILES string of the molecule is COc1ccc2cc([C@H](C)C(=O)NCC(c3cccc(F)c3)N3CCOCC3)ccc2c1. The molecule has 0 aliphatic carbocycles. The van der Waals surface area contributed by atoms with Crippen LogP contribution in [0.2, 0.25) is 0 Å². The third-order valence-corrected chi connectivity index (χ3v) is 6.15. The average molecular weight is 437 g/mol. The number of fused-ring (bicyclic) bond motifs is 1. The van der Waals surface area contributed by atoms with Crippen molar-refractivity contribution in [1.82, 2.24) is 10.2 Å². The zero-order valence-electron chi connectivity index (χ0n) is 18.5. The van der Waals surface area contributed by atoms with E-state index in [-0.39, 0.29) is 23.7 Å². The van der Waals surface area contributed by atoms with Crippen molar-refractivity contribution < 1.29 is 18.7 Å². The lowest BCUT2D eigenvalue weighted by Crippen LogP contribution is -2.44. The van der Waals surface area contributed by atoms with Gasteiger partial charge >= 0.3 is 0 Å². The molecule has 0 radical (unpaired) electrons. The Labute approximate surface area is 188 Å². The van der Waals surface area contributed by atoms with Gasteiger partial charge in [0.1, 0.15) is 11.6 Å². The van der Waals surface area contributed by atoms with Crippen LogP contribution in [-0.4, -0.2) is 50.8 Å². The number of nitrogens with zero attached hydrogens (tertiary/aromatic N) is 1. The lowest BCUT2D eigenvalue weighted by molar-refractivity contribution is -0.122. The Morgan fingerprint density at radius 1 is 1.06 bits per heavy atom. The van der Waals surface area contributed by atoms with Gasteiger partial charge in [0, 0.05) is 19.6 Å². The summed E-state index contributed by atoms with van der Waals surface area (Å²) in [7, 11) is 1.65. The maximum atomic E-state index is 13.9. The molecule has 32 heavy (non-hydrogen) atoms. The van der Waals surface area contributed by atoms with Gasteiger partial charge in [0.25, 0.3) is 0 Å². The molecule has 1 unspecified atom stereocenters. The Morgan fingerprint density at radius 2 is 1.81 bits per heavy atom. The van der Waals surface area contributed by atoms with Crippen LogP contribution in [0.1, 0.15) is 30.0 Å². The number of methoxy groups -OCH3 is 1. The van der Waals surface area contributed by atoms with Crippen LogP contribution in [0, 0.1) is 5.82 Å². The van der Waals surface area contributed by atoms with Gasteiger partial charge in [-0.1, -0.05) is 36.4 Å². The highest BCUT2D eigenvalue weighted by Crippen LogP contribution is 2.26. The van der Waals surface area contributed by atoms with E-state index in [1.807, 2.05) is 49.4 Å². The highest BCUT2D eigenvalue weighted by atomic mass is 19.1. The van der Waals surface area contributed by atoms with Gasteiger partial charge in [0.2, 0.25) is 5.91 Å². The van der Waals surface area contributed by atoms with Crippen LogP contribution >= 0.6 is 0 Å². The molecule has 1 heterocycles. The molecule has 5 nitrogen and oxygen atoms in total. The Morgan fingerprint density at radius 3 is 2.56 bits per heavy atom. The average Bonchev–Trinajstić information content (AvgIpc) is 2.83. The molecule has 6 heteroatoms. The fourth-order valence-electron chi connectivity index (χ4n) is 4.20. The second kappa shape index (κ2) is 10.1. The summed E-state index contributed by atoms with van der Waals surface area (Å²) in [6.07, 6.45) is 0. The summed E-state index contributed by atoms with van der Waals surface area (Å²) in [4.78, 5) is 15.3. The molecule has 1 saturated heterocycles. The minimum absolute atomic E-state index is 0.0486. The summed E-state index contributed by atoms with van der Waals surface area (Å²) in [5.41, 5.74) is 1.81. The Kier molecular flexibility index (Phi) is 7.02. The predicted octanol–water partition coefficient (Wildman–Crippen LogP) is 4.28. The molecule has 1 N–H and O–H groups in total. The fourth-order valence-corrected chi connectivity index (χ4v) is 4.20. The van der Waals surface area contributed by atoms with Crippen molar-refractivity contribution >= 4 is 16.7 Å². The van der Waals surface area contributed by atoms with Gasteiger partial charge in [0.05, 0.1) is 32.3 Å². The molecule has 1 aliphatic rings. The number of hydrogen-bond donors (Lipinski definition) is 1. The van der Waals surface area contributed by atoms with Gasteiger partial charge in [-0.3, -0.25) is 9.69 Å². The molecule has 0 bridgehead atoms. The topological polar surface area (TPSA) is 50.8 Å². The van der Waals surface area contributed by atoms with Crippen molar-refractivity contribution in [2.45, 2.75) is 18.9 Å². The van der Waals surface area contributed by atoms with E-state index < -0.39 is 0 Å². The minimum atomic E-state index is -0.306. The van der Waals surface area contributed by atoms with Crippen molar-refractivity contribution in [3.63, 3.8) is 0 Å².